The average molecular weight is 308 g/mol. The molecule has 0 aliphatic heterocycles. The summed E-state index contributed by atoms with van der Waals surface area (Å²) in [6.07, 6.45) is 1.02. The van der Waals surface area contributed by atoms with Crippen molar-refractivity contribution in [2.24, 2.45) is 0 Å². The predicted octanol–water partition coefficient (Wildman–Crippen LogP) is 4.61. The van der Waals surface area contributed by atoms with Gasteiger partial charge in [0.25, 0.3) is 0 Å². The molecule has 2 aromatic carbocycles. The first kappa shape index (κ1) is 16.1. The Morgan fingerprint density at radius 1 is 1.09 bits per heavy atom. The topological polar surface area (TPSA) is 26.3 Å². The lowest BCUT2D eigenvalue weighted by molar-refractivity contribution is -0.144. The van der Waals surface area contributed by atoms with Gasteiger partial charge in [-0.1, -0.05) is 25.1 Å². The van der Waals surface area contributed by atoms with Crippen LogP contribution in [0.3, 0.4) is 0 Å². The number of hydrogen-bond acceptors (Lipinski definition) is 2. The van der Waals surface area contributed by atoms with Crippen molar-refractivity contribution in [1.29, 1.82) is 0 Å². The van der Waals surface area contributed by atoms with Crippen LogP contribution >= 0.6 is 0 Å². The van der Waals surface area contributed by atoms with Gasteiger partial charge in [-0.05, 0) is 35.7 Å². The van der Waals surface area contributed by atoms with Gasteiger partial charge in [-0.15, -0.1) is 0 Å². The number of carbonyl (C=O) groups excluding carboxylic acids is 1. The molecule has 116 valence electrons. The van der Waals surface area contributed by atoms with E-state index >= 15 is 0 Å². The van der Waals surface area contributed by atoms with Crippen LogP contribution in [0.5, 0.6) is 0 Å². The summed E-state index contributed by atoms with van der Waals surface area (Å²) >= 11 is 0. The lowest BCUT2D eigenvalue weighted by Gasteiger charge is -2.08. The third-order valence-electron chi connectivity index (χ3n) is 3.13. The molecule has 0 heterocycles. The number of halogens is 3. The van der Waals surface area contributed by atoms with Crippen LogP contribution in [-0.2, 0) is 16.1 Å². The van der Waals surface area contributed by atoms with E-state index in [1.807, 2.05) is 6.92 Å². The van der Waals surface area contributed by atoms with Crippen molar-refractivity contribution in [2.75, 3.05) is 0 Å². The van der Waals surface area contributed by atoms with Gasteiger partial charge >= 0.3 is 5.97 Å². The molecule has 2 rings (SSSR count). The number of ether oxygens (including phenoxy) is 1. The quantitative estimate of drug-likeness (QED) is 0.595. The molecule has 0 saturated heterocycles. The minimum Gasteiger partial charge on any atom is -0.461 e. The Kier molecular flexibility index (Phi) is 5.20. The van der Waals surface area contributed by atoms with E-state index < -0.39 is 17.5 Å². The lowest BCUT2D eigenvalue weighted by atomic mass is 10.0. The Bertz CT molecular complexity index is 684. The van der Waals surface area contributed by atoms with Gasteiger partial charge in [0.2, 0.25) is 0 Å². The molecular weight excluding hydrogens is 293 g/mol. The highest BCUT2D eigenvalue weighted by atomic mass is 19.2. The molecule has 0 spiro atoms. The predicted molar refractivity (Wildman–Crippen MR) is 76.5 cm³/mol. The van der Waals surface area contributed by atoms with E-state index in [2.05, 4.69) is 0 Å². The Hall–Kier alpha value is -2.30. The summed E-state index contributed by atoms with van der Waals surface area (Å²) in [4.78, 5) is 11.3. The molecule has 0 atom stereocenters. The molecule has 0 aliphatic carbocycles. The number of benzene rings is 2. The second-order valence-electron chi connectivity index (χ2n) is 4.83. The molecule has 0 radical (unpaired) electrons. The zero-order chi connectivity index (χ0) is 16.1. The highest BCUT2D eigenvalue weighted by Gasteiger charge is 2.15. The Labute approximate surface area is 126 Å². The third-order valence-corrected chi connectivity index (χ3v) is 3.13. The standard InChI is InChI=1S/C17H15F3O2/c1-2-4-15(21)22-10-11-5-3-6-12(9-11)13-7-8-14(18)17(20)16(13)19/h3,5-9H,2,4,10H2,1H3. The summed E-state index contributed by atoms with van der Waals surface area (Å²) in [5.41, 5.74) is 0.993. The smallest absolute Gasteiger partial charge is 0.306 e. The van der Waals surface area contributed by atoms with Crippen LogP contribution < -0.4 is 0 Å². The zero-order valence-corrected chi connectivity index (χ0v) is 12.0. The Morgan fingerprint density at radius 3 is 2.59 bits per heavy atom. The van der Waals surface area contributed by atoms with E-state index in [1.165, 1.54) is 6.07 Å². The summed E-state index contributed by atoms with van der Waals surface area (Å²) < 4.78 is 45.1. The van der Waals surface area contributed by atoms with Crippen molar-refractivity contribution in [3.63, 3.8) is 0 Å². The fourth-order valence-electron chi connectivity index (χ4n) is 2.02. The van der Waals surface area contributed by atoms with E-state index in [9.17, 15) is 18.0 Å². The van der Waals surface area contributed by atoms with Gasteiger partial charge in [-0.3, -0.25) is 4.79 Å². The van der Waals surface area contributed by atoms with Crippen LogP contribution in [0.2, 0.25) is 0 Å². The number of rotatable bonds is 5. The minimum absolute atomic E-state index is 0.0411. The van der Waals surface area contributed by atoms with Crippen LogP contribution in [0.4, 0.5) is 13.2 Å². The molecular formula is C17H15F3O2. The van der Waals surface area contributed by atoms with Crippen molar-refractivity contribution in [1.82, 2.24) is 0 Å². The van der Waals surface area contributed by atoms with Gasteiger partial charge in [0.1, 0.15) is 6.61 Å². The van der Waals surface area contributed by atoms with Gasteiger partial charge in [-0.25, -0.2) is 13.2 Å². The van der Waals surface area contributed by atoms with Crippen molar-refractivity contribution in [3.8, 4) is 11.1 Å². The van der Waals surface area contributed by atoms with Gasteiger partial charge in [0, 0.05) is 12.0 Å². The highest BCUT2D eigenvalue weighted by molar-refractivity contribution is 5.69. The average Bonchev–Trinajstić information content (AvgIpc) is 2.51. The van der Waals surface area contributed by atoms with Crippen LogP contribution in [-0.4, -0.2) is 5.97 Å². The molecule has 2 nitrogen and oxygen atoms in total. The first-order valence-corrected chi connectivity index (χ1v) is 6.91. The summed E-state index contributed by atoms with van der Waals surface area (Å²) in [5, 5.41) is 0. The van der Waals surface area contributed by atoms with Gasteiger partial charge in [0.15, 0.2) is 17.5 Å². The lowest BCUT2D eigenvalue weighted by Crippen LogP contribution is -2.03. The van der Waals surface area contributed by atoms with Gasteiger partial charge in [-0.2, -0.15) is 0 Å². The highest BCUT2D eigenvalue weighted by Crippen LogP contribution is 2.26. The molecule has 0 aromatic heterocycles. The number of carbonyl (C=O) groups is 1. The maximum Gasteiger partial charge on any atom is 0.306 e. The van der Waals surface area contributed by atoms with Crippen LogP contribution in [0.25, 0.3) is 11.1 Å². The number of hydrogen-bond donors (Lipinski definition) is 0. The monoisotopic (exact) mass is 308 g/mol. The summed E-state index contributed by atoms with van der Waals surface area (Å²) in [5.74, 6) is -4.28. The molecule has 5 heteroatoms. The first-order valence-electron chi connectivity index (χ1n) is 6.91. The Morgan fingerprint density at radius 2 is 1.86 bits per heavy atom. The summed E-state index contributed by atoms with van der Waals surface area (Å²) in [6.45, 7) is 1.92. The molecule has 0 amide bonds. The molecule has 0 unspecified atom stereocenters. The normalized spacial score (nSPS) is 10.5. The maximum atomic E-state index is 13.8. The van der Waals surface area contributed by atoms with Gasteiger partial charge < -0.3 is 4.74 Å². The van der Waals surface area contributed by atoms with Crippen molar-refractivity contribution >= 4 is 5.97 Å². The molecule has 0 saturated carbocycles. The second-order valence-corrected chi connectivity index (χ2v) is 4.83. The van der Waals surface area contributed by atoms with Crippen LogP contribution in [0.15, 0.2) is 36.4 Å². The van der Waals surface area contributed by atoms with Crippen LogP contribution in [0, 0.1) is 17.5 Å². The van der Waals surface area contributed by atoms with Crippen molar-refractivity contribution in [2.45, 2.75) is 26.4 Å². The van der Waals surface area contributed by atoms with E-state index in [-0.39, 0.29) is 18.1 Å². The molecule has 0 bridgehead atoms. The summed E-state index contributed by atoms with van der Waals surface area (Å²) in [7, 11) is 0. The SMILES string of the molecule is CCCC(=O)OCc1cccc(-c2ccc(F)c(F)c2F)c1. The fraction of sp³-hybridized carbons (Fsp3) is 0.235. The van der Waals surface area contributed by atoms with Crippen molar-refractivity contribution < 1.29 is 22.7 Å². The Balaban J connectivity index is 2.22. The molecule has 0 fully saturated rings. The number of esters is 1. The molecule has 22 heavy (non-hydrogen) atoms. The zero-order valence-electron chi connectivity index (χ0n) is 12.0. The largest absolute Gasteiger partial charge is 0.461 e. The molecule has 0 N–H and O–H groups in total. The summed E-state index contributed by atoms with van der Waals surface area (Å²) in [6, 6.07) is 8.55. The second kappa shape index (κ2) is 7.11. The third kappa shape index (κ3) is 3.67. The van der Waals surface area contributed by atoms with Crippen molar-refractivity contribution in [3.05, 3.63) is 59.4 Å². The molecule has 2 aromatic rings. The van der Waals surface area contributed by atoms with E-state index in [4.69, 9.17) is 4.74 Å². The molecule has 0 aliphatic rings. The van der Waals surface area contributed by atoms with E-state index in [0.29, 0.717) is 24.0 Å². The first-order chi connectivity index (χ1) is 10.5. The van der Waals surface area contributed by atoms with Crippen LogP contribution in [0.1, 0.15) is 25.3 Å². The fourth-order valence-corrected chi connectivity index (χ4v) is 2.02. The van der Waals surface area contributed by atoms with E-state index in [1.54, 1.807) is 24.3 Å². The van der Waals surface area contributed by atoms with E-state index in [0.717, 1.165) is 6.07 Å². The minimum atomic E-state index is -1.50. The van der Waals surface area contributed by atoms with Gasteiger partial charge in [0.05, 0.1) is 0 Å². The maximum absolute atomic E-state index is 13.8.